The van der Waals surface area contributed by atoms with Gasteiger partial charge in [-0.25, -0.2) is 18.3 Å². The van der Waals surface area contributed by atoms with Crippen LogP contribution in [0.5, 0.6) is 0 Å². The maximum atomic E-state index is 14.5. The number of hydrogen-bond acceptors (Lipinski definition) is 3. The van der Waals surface area contributed by atoms with E-state index >= 15 is 0 Å². The summed E-state index contributed by atoms with van der Waals surface area (Å²) in [6.07, 6.45) is 1.90. The zero-order valence-corrected chi connectivity index (χ0v) is 15.4. The van der Waals surface area contributed by atoms with Gasteiger partial charge in [-0.2, -0.15) is 5.10 Å². The van der Waals surface area contributed by atoms with Crippen molar-refractivity contribution in [2.45, 2.75) is 51.9 Å². The summed E-state index contributed by atoms with van der Waals surface area (Å²) in [5.41, 5.74) is 1.80. The number of nitrogens with zero attached hydrogens (tertiary/aromatic N) is 2. The lowest BCUT2D eigenvalue weighted by molar-refractivity contribution is 0.0516. The molecular weight excluding hydrogens is 338 g/mol. The molecule has 2 bridgehead atoms. The van der Waals surface area contributed by atoms with Gasteiger partial charge in [-0.05, 0) is 43.2 Å². The van der Waals surface area contributed by atoms with Gasteiger partial charge in [0.25, 0.3) is 0 Å². The lowest BCUT2D eigenvalue weighted by atomic mass is 9.70. The monoisotopic (exact) mass is 360 g/mol. The second kappa shape index (κ2) is 5.38. The Balaban J connectivity index is 2.00. The Morgan fingerprint density at radius 1 is 1.35 bits per heavy atom. The molecule has 2 aliphatic rings. The minimum absolute atomic E-state index is 0.0832. The van der Waals surface area contributed by atoms with Crippen molar-refractivity contribution < 1.29 is 18.3 Å². The zero-order chi connectivity index (χ0) is 18.9. The van der Waals surface area contributed by atoms with E-state index in [2.05, 4.69) is 25.9 Å². The molecule has 0 aliphatic heterocycles. The average molecular weight is 360 g/mol. The van der Waals surface area contributed by atoms with Gasteiger partial charge in [0.2, 0.25) is 0 Å². The number of aromatic nitrogens is 2. The van der Waals surface area contributed by atoms with E-state index < -0.39 is 17.6 Å². The third-order valence-electron chi connectivity index (χ3n) is 6.63. The molecular formula is C20H22F2N2O2. The van der Waals surface area contributed by atoms with E-state index in [4.69, 9.17) is 4.74 Å². The first-order valence-electron chi connectivity index (χ1n) is 8.98. The fourth-order valence-electron chi connectivity index (χ4n) is 4.90. The van der Waals surface area contributed by atoms with Gasteiger partial charge < -0.3 is 4.74 Å². The van der Waals surface area contributed by atoms with E-state index in [9.17, 15) is 13.6 Å². The average Bonchev–Trinajstić information content (AvgIpc) is 3.11. The van der Waals surface area contributed by atoms with Crippen molar-refractivity contribution in [3.63, 3.8) is 0 Å². The standard InChI is InChI=1S/C20H22F2N2O2/c1-5-26-18(25)16-15-12-8-9-20(4,19(12,2)3)17(15)24(23-16)14-7-6-11(21)10-13(14)22/h6-7,10,12H,5,8-9H2,1-4H3/t12-,20+/m1/s1. The van der Waals surface area contributed by atoms with E-state index in [1.165, 1.54) is 16.8 Å². The Bertz CT molecular complexity index is 919. The van der Waals surface area contributed by atoms with Gasteiger partial charge in [-0.1, -0.05) is 20.8 Å². The molecule has 0 saturated heterocycles. The SMILES string of the molecule is CCOC(=O)c1nn(-c2ccc(F)cc2F)c2c1[C@H]1CC[C@]2(C)C1(C)C. The van der Waals surface area contributed by atoms with Crippen LogP contribution in [0.3, 0.4) is 0 Å². The second-order valence-corrected chi connectivity index (χ2v) is 7.98. The van der Waals surface area contributed by atoms with Crippen molar-refractivity contribution in [1.29, 1.82) is 0 Å². The van der Waals surface area contributed by atoms with Gasteiger partial charge in [0.15, 0.2) is 11.5 Å². The normalized spacial score (nSPS) is 25.4. The number of rotatable bonds is 3. The number of carbonyl (C=O) groups is 1. The van der Waals surface area contributed by atoms with Gasteiger partial charge in [-0.3, -0.25) is 0 Å². The molecule has 0 amide bonds. The second-order valence-electron chi connectivity index (χ2n) is 7.98. The molecule has 2 aromatic rings. The van der Waals surface area contributed by atoms with Crippen LogP contribution in [0.15, 0.2) is 18.2 Å². The molecule has 4 rings (SSSR count). The third kappa shape index (κ3) is 1.98. The van der Waals surface area contributed by atoms with Crippen molar-refractivity contribution in [2.75, 3.05) is 6.61 Å². The summed E-state index contributed by atoms with van der Waals surface area (Å²) in [7, 11) is 0. The van der Waals surface area contributed by atoms with Crippen LogP contribution in [0.1, 0.15) is 68.2 Å². The van der Waals surface area contributed by atoms with Crippen LogP contribution in [0.2, 0.25) is 0 Å². The molecule has 0 radical (unpaired) electrons. The Labute approximate surface area is 151 Å². The minimum Gasteiger partial charge on any atom is -0.461 e. The van der Waals surface area contributed by atoms with Crippen molar-refractivity contribution in [1.82, 2.24) is 9.78 Å². The lowest BCUT2D eigenvalue weighted by Gasteiger charge is -2.35. The summed E-state index contributed by atoms with van der Waals surface area (Å²) < 4.78 is 34.6. The van der Waals surface area contributed by atoms with Crippen molar-refractivity contribution in [3.8, 4) is 5.69 Å². The molecule has 1 heterocycles. The highest BCUT2D eigenvalue weighted by Crippen LogP contribution is 2.68. The largest absolute Gasteiger partial charge is 0.461 e. The van der Waals surface area contributed by atoms with Crippen molar-refractivity contribution in [2.24, 2.45) is 5.41 Å². The minimum atomic E-state index is -0.699. The number of benzene rings is 1. The molecule has 1 saturated carbocycles. The molecule has 26 heavy (non-hydrogen) atoms. The summed E-state index contributed by atoms with van der Waals surface area (Å²) in [4.78, 5) is 12.5. The van der Waals surface area contributed by atoms with Crippen molar-refractivity contribution in [3.05, 3.63) is 46.8 Å². The van der Waals surface area contributed by atoms with Gasteiger partial charge in [-0.15, -0.1) is 0 Å². The van der Waals surface area contributed by atoms with E-state index in [0.29, 0.717) is 0 Å². The van der Waals surface area contributed by atoms with E-state index in [1.54, 1.807) is 6.92 Å². The molecule has 1 aromatic heterocycles. The molecule has 1 aromatic carbocycles. The topological polar surface area (TPSA) is 44.1 Å². The highest BCUT2D eigenvalue weighted by molar-refractivity contribution is 5.90. The zero-order valence-electron chi connectivity index (χ0n) is 15.4. The smallest absolute Gasteiger partial charge is 0.359 e. The number of ether oxygens (including phenoxy) is 1. The predicted molar refractivity (Wildman–Crippen MR) is 92.5 cm³/mol. The van der Waals surface area contributed by atoms with Gasteiger partial charge >= 0.3 is 5.97 Å². The van der Waals surface area contributed by atoms with E-state index in [0.717, 1.165) is 30.2 Å². The summed E-state index contributed by atoms with van der Waals surface area (Å²) in [5, 5.41) is 4.44. The summed E-state index contributed by atoms with van der Waals surface area (Å²) in [5.74, 6) is -1.67. The number of fused-ring (bicyclic) bond motifs is 5. The summed E-state index contributed by atoms with van der Waals surface area (Å²) in [6, 6.07) is 3.42. The van der Waals surface area contributed by atoms with Gasteiger partial charge in [0.05, 0.1) is 12.3 Å². The van der Waals surface area contributed by atoms with Crippen LogP contribution in [0, 0.1) is 17.0 Å². The van der Waals surface area contributed by atoms with E-state index in [-0.39, 0.29) is 34.7 Å². The quantitative estimate of drug-likeness (QED) is 0.757. The maximum absolute atomic E-state index is 14.5. The van der Waals surface area contributed by atoms with Crippen LogP contribution in [-0.4, -0.2) is 22.4 Å². The molecule has 2 aliphatic carbocycles. The predicted octanol–water partition coefficient (Wildman–Crippen LogP) is 4.50. The Hall–Kier alpha value is -2.24. The highest BCUT2D eigenvalue weighted by atomic mass is 19.1. The highest BCUT2D eigenvalue weighted by Gasteiger charge is 2.63. The molecule has 4 nitrogen and oxygen atoms in total. The Morgan fingerprint density at radius 2 is 2.08 bits per heavy atom. The fourth-order valence-corrected chi connectivity index (χ4v) is 4.90. The van der Waals surface area contributed by atoms with Crippen LogP contribution in [0.4, 0.5) is 8.78 Å². The lowest BCUT2D eigenvalue weighted by Crippen LogP contribution is -2.33. The molecule has 6 heteroatoms. The van der Waals surface area contributed by atoms with Crippen LogP contribution < -0.4 is 0 Å². The van der Waals surface area contributed by atoms with Crippen LogP contribution in [-0.2, 0) is 10.2 Å². The molecule has 138 valence electrons. The molecule has 0 unspecified atom stereocenters. The fraction of sp³-hybridized carbons (Fsp3) is 0.500. The van der Waals surface area contributed by atoms with Crippen LogP contribution >= 0.6 is 0 Å². The summed E-state index contributed by atoms with van der Waals surface area (Å²) in [6.45, 7) is 8.51. The number of esters is 1. The molecule has 2 atom stereocenters. The van der Waals surface area contributed by atoms with Gasteiger partial charge in [0, 0.05) is 17.0 Å². The summed E-state index contributed by atoms with van der Waals surface area (Å²) >= 11 is 0. The first kappa shape index (κ1) is 17.2. The molecule has 0 spiro atoms. The maximum Gasteiger partial charge on any atom is 0.359 e. The number of halogens is 2. The van der Waals surface area contributed by atoms with Gasteiger partial charge in [0.1, 0.15) is 11.5 Å². The van der Waals surface area contributed by atoms with Crippen molar-refractivity contribution >= 4 is 5.97 Å². The third-order valence-corrected chi connectivity index (χ3v) is 6.63. The Kier molecular flexibility index (Phi) is 3.56. The van der Waals surface area contributed by atoms with E-state index in [1.807, 2.05) is 0 Å². The number of carbonyl (C=O) groups excluding carboxylic acids is 1. The molecule has 1 fully saturated rings. The Morgan fingerprint density at radius 3 is 2.73 bits per heavy atom. The van der Waals surface area contributed by atoms with Crippen LogP contribution in [0.25, 0.3) is 5.69 Å². The first-order chi connectivity index (χ1) is 12.2. The first-order valence-corrected chi connectivity index (χ1v) is 8.98. The number of hydrogen-bond donors (Lipinski definition) is 0. The molecule has 0 N–H and O–H groups in total.